The van der Waals surface area contributed by atoms with Gasteiger partial charge in [0.2, 0.25) is 0 Å². The molecule has 0 aliphatic heterocycles. The van der Waals surface area contributed by atoms with E-state index in [1.807, 2.05) is 0 Å². The highest BCUT2D eigenvalue weighted by Crippen LogP contribution is 2.25. The number of hydrogen-bond acceptors (Lipinski definition) is 0. The monoisotopic (exact) mass is 384 g/mol. The van der Waals surface area contributed by atoms with Gasteiger partial charge < -0.3 is 0 Å². The van der Waals surface area contributed by atoms with E-state index in [1.54, 1.807) is 0 Å². The third-order valence-corrected chi connectivity index (χ3v) is 5.83. The van der Waals surface area contributed by atoms with Crippen LogP contribution in [-0.4, -0.2) is 0 Å². The average Bonchev–Trinajstić information content (AvgIpc) is 2.81. The summed E-state index contributed by atoms with van der Waals surface area (Å²) in [6.07, 6.45) is 1.09. The smallest absolute Gasteiger partial charge is 0.0146 e. The molecule has 0 nitrogen and oxygen atoms in total. The SMILES string of the molecule is CCc1cccc2cc3ccccc3cc12.c1ccc2cc3ccccc3cc2c1. The lowest BCUT2D eigenvalue weighted by molar-refractivity contribution is 1.16. The summed E-state index contributed by atoms with van der Waals surface area (Å²) in [7, 11) is 0. The van der Waals surface area contributed by atoms with E-state index < -0.39 is 0 Å². The van der Waals surface area contributed by atoms with Crippen molar-refractivity contribution >= 4 is 43.1 Å². The Morgan fingerprint density at radius 3 is 1.20 bits per heavy atom. The van der Waals surface area contributed by atoms with Crippen LogP contribution in [0.4, 0.5) is 0 Å². The van der Waals surface area contributed by atoms with E-state index in [-0.39, 0.29) is 0 Å². The third kappa shape index (κ3) is 3.53. The van der Waals surface area contributed by atoms with Crippen LogP contribution >= 0.6 is 0 Å². The summed E-state index contributed by atoms with van der Waals surface area (Å²) in [5.41, 5.74) is 1.43. The highest BCUT2D eigenvalue weighted by molar-refractivity contribution is 6.00. The molecule has 30 heavy (non-hydrogen) atoms. The van der Waals surface area contributed by atoms with Gasteiger partial charge in [-0.15, -0.1) is 0 Å². The fourth-order valence-electron chi connectivity index (χ4n) is 4.22. The lowest BCUT2D eigenvalue weighted by Gasteiger charge is -2.06. The Hall–Kier alpha value is -3.64. The molecule has 6 aromatic carbocycles. The average molecular weight is 385 g/mol. The van der Waals surface area contributed by atoms with Gasteiger partial charge in [-0.2, -0.15) is 0 Å². The van der Waals surface area contributed by atoms with Gasteiger partial charge in [-0.1, -0.05) is 97.9 Å². The van der Waals surface area contributed by atoms with E-state index >= 15 is 0 Å². The predicted molar refractivity (Wildman–Crippen MR) is 132 cm³/mol. The molecular weight excluding hydrogens is 360 g/mol. The zero-order chi connectivity index (χ0) is 20.3. The lowest BCUT2D eigenvalue weighted by atomic mass is 9.99. The minimum absolute atomic E-state index is 1.09. The van der Waals surface area contributed by atoms with Gasteiger partial charge in [0.25, 0.3) is 0 Å². The summed E-state index contributed by atoms with van der Waals surface area (Å²) in [5, 5.41) is 10.6. The highest BCUT2D eigenvalue weighted by Gasteiger charge is 2.01. The first kappa shape index (κ1) is 18.4. The largest absolute Gasteiger partial charge is 0.0616 e. The summed E-state index contributed by atoms with van der Waals surface area (Å²) in [6.45, 7) is 2.21. The van der Waals surface area contributed by atoms with Crippen molar-refractivity contribution in [2.24, 2.45) is 0 Å². The van der Waals surface area contributed by atoms with Crippen LogP contribution in [0.3, 0.4) is 0 Å². The van der Waals surface area contributed by atoms with Crippen LogP contribution in [0.5, 0.6) is 0 Å². The second kappa shape index (κ2) is 8.00. The fraction of sp³-hybridized carbons (Fsp3) is 0.0667. The van der Waals surface area contributed by atoms with Crippen LogP contribution in [0.25, 0.3) is 43.1 Å². The molecule has 0 radical (unpaired) electrons. The van der Waals surface area contributed by atoms with Gasteiger partial charge in [-0.05, 0) is 79.3 Å². The van der Waals surface area contributed by atoms with Crippen LogP contribution in [0.1, 0.15) is 12.5 Å². The molecule has 0 heteroatoms. The number of benzene rings is 6. The zero-order valence-corrected chi connectivity index (χ0v) is 17.2. The maximum absolute atomic E-state index is 2.31. The Bertz CT molecular complexity index is 1370. The molecule has 0 amide bonds. The van der Waals surface area contributed by atoms with Crippen molar-refractivity contribution in [1.82, 2.24) is 0 Å². The van der Waals surface area contributed by atoms with Crippen molar-refractivity contribution in [1.29, 1.82) is 0 Å². The van der Waals surface area contributed by atoms with Crippen molar-refractivity contribution in [2.45, 2.75) is 13.3 Å². The molecule has 144 valence electrons. The normalized spacial score (nSPS) is 11.0. The van der Waals surface area contributed by atoms with Gasteiger partial charge in [0, 0.05) is 0 Å². The molecule has 0 unspecified atom stereocenters. The Labute approximate surface area is 177 Å². The van der Waals surface area contributed by atoms with Gasteiger partial charge in [-0.3, -0.25) is 0 Å². The number of aryl methyl sites for hydroxylation is 1. The quantitative estimate of drug-likeness (QED) is 0.249. The standard InChI is InChI=1S/C16H14.C14H10/c1-2-12-8-5-9-15-10-13-6-3-4-7-14(13)11-16(12)15;1-2-6-12-10-14-8-4-3-7-13(14)9-11(12)5-1/h3-11H,2H2,1H3;1-10H. The second-order valence-electron chi connectivity index (χ2n) is 7.74. The minimum atomic E-state index is 1.09. The van der Waals surface area contributed by atoms with Crippen molar-refractivity contribution in [3.63, 3.8) is 0 Å². The zero-order valence-electron chi connectivity index (χ0n) is 17.2. The van der Waals surface area contributed by atoms with Crippen LogP contribution in [0, 0.1) is 0 Å². The Morgan fingerprint density at radius 1 is 0.400 bits per heavy atom. The molecule has 6 aromatic rings. The molecule has 0 fully saturated rings. The summed E-state index contributed by atoms with van der Waals surface area (Å²) in [6, 6.07) is 41.1. The summed E-state index contributed by atoms with van der Waals surface area (Å²) in [5.74, 6) is 0. The van der Waals surface area contributed by atoms with Gasteiger partial charge >= 0.3 is 0 Å². The maximum Gasteiger partial charge on any atom is -0.0146 e. The van der Waals surface area contributed by atoms with Crippen molar-refractivity contribution in [3.05, 3.63) is 121 Å². The van der Waals surface area contributed by atoms with Crippen molar-refractivity contribution in [3.8, 4) is 0 Å². The van der Waals surface area contributed by atoms with E-state index in [1.165, 1.54) is 48.7 Å². The minimum Gasteiger partial charge on any atom is -0.0616 e. The molecular formula is C30H24. The molecule has 0 atom stereocenters. The van der Waals surface area contributed by atoms with Crippen LogP contribution in [-0.2, 0) is 6.42 Å². The molecule has 0 bridgehead atoms. The molecule has 0 aliphatic carbocycles. The number of rotatable bonds is 1. The second-order valence-corrected chi connectivity index (χ2v) is 7.74. The van der Waals surface area contributed by atoms with Crippen molar-refractivity contribution in [2.75, 3.05) is 0 Å². The van der Waals surface area contributed by atoms with E-state index in [0.29, 0.717) is 0 Å². The molecule has 6 rings (SSSR count). The van der Waals surface area contributed by atoms with E-state index in [0.717, 1.165) is 6.42 Å². The van der Waals surface area contributed by atoms with E-state index in [2.05, 4.69) is 122 Å². The Morgan fingerprint density at radius 2 is 0.767 bits per heavy atom. The summed E-state index contributed by atoms with van der Waals surface area (Å²) < 4.78 is 0. The van der Waals surface area contributed by atoms with Crippen LogP contribution < -0.4 is 0 Å². The molecule has 0 aliphatic rings. The number of hydrogen-bond donors (Lipinski definition) is 0. The topological polar surface area (TPSA) is 0 Å². The molecule has 0 heterocycles. The van der Waals surface area contributed by atoms with E-state index in [4.69, 9.17) is 0 Å². The first-order chi connectivity index (χ1) is 14.8. The Balaban J connectivity index is 0.000000130. The molecule has 0 saturated heterocycles. The fourth-order valence-corrected chi connectivity index (χ4v) is 4.22. The maximum atomic E-state index is 2.31. The van der Waals surface area contributed by atoms with Gasteiger partial charge in [0.1, 0.15) is 0 Å². The Kier molecular flexibility index (Phi) is 4.91. The van der Waals surface area contributed by atoms with Gasteiger partial charge in [0.15, 0.2) is 0 Å². The lowest BCUT2D eigenvalue weighted by Crippen LogP contribution is -1.83. The van der Waals surface area contributed by atoms with Crippen LogP contribution in [0.15, 0.2) is 115 Å². The van der Waals surface area contributed by atoms with Crippen LogP contribution in [0.2, 0.25) is 0 Å². The third-order valence-electron chi connectivity index (χ3n) is 5.83. The summed E-state index contributed by atoms with van der Waals surface area (Å²) >= 11 is 0. The van der Waals surface area contributed by atoms with Crippen molar-refractivity contribution < 1.29 is 0 Å². The molecule has 0 aromatic heterocycles. The molecule has 0 spiro atoms. The first-order valence-electron chi connectivity index (χ1n) is 10.6. The van der Waals surface area contributed by atoms with E-state index in [9.17, 15) is 0 Å². The van der Waals surface area contributed by atoms with Gasteiger partial charge in [-0.25, -0.2) is 0 Å². The first-order valence-corrected chi connectivity index (χ1v) is 10.6. The summed E-state index contributed by atoms with van der Waals surface area (Å²) in [4.78, 5) is 0. The molecule has 0 N–H and O–H groups in total. The highest BCUT2D eigenvalue weighted by atomic mass is 14.1. The number of fused-ring (bicyclic) bond motifs is 4. The van der Waals surface area contributed by atoms with Gasteiger partial charge in [0.05, 0.1) is 0 Å². The molecule has 0 saturated carbocycles. The predicted octanol–water partition coefficient (Wildman–Crippen LogP) is 8.55.